The van der Waals surface area contributed by atoms with E-state index in [4.69, 9.17) is 14.6 Å². The molecule has 3 N–H and O–H groups in total. The Morgan fingerprint density at radius 1 is 1.20 bits per heavy atom. The number of amides is 1. The third-order valence-electron chi connectivity index (χ3n) is 5.43. The van der Waals surface area contributed by atoms with Crippen LogP contribution in [0.15, 0.2) is 48.7 Å². The van der Waals surface area contributed by atoms with Crippen LogP contribution in [0.3, 0.4) is 0 Å². The molecule has 1 amide bonds. The molecule has 1 aliphatic heterocycles. The second-order valence-corrected chi connectivity index (χ2v) is 9.14. The molecule has 12 heteroatoms. The van der Waals surface area contributed by atoms with Gasteiger partial charge in [-0.15, -0.1) is 11.3 Å². The van der Waals surface area contributed by atoms with Gasteiger partial charge in [0, 0.05) is 40.3 Å². The molecular weight excluding hydrogens is 485 g/mol. The van der Waals surface area contributed by atoms with Crippen molar-refractivity contribution in [1.29, 1.82) is 0 Å². The SMILES string of the molecule is COc1ccc2sc(CN3CC(C(=O)Nc4ccc5[nH]ncc5c4)C3)cc2c1.O=C(O)C(F)(F)F. The second kappa shape index (κ2) is 9.92. The summed E-state index contributed by atoms with van der Waals surface area (Å²) in [5.41, 5.74) is 1.78. The van der Waals surface area contributed by atoms with Crippen LogP contribution in [-0.2, 0) is 16.1 Å². The van der Waals surface area contributed by atoms with Crippen LogP contribution in [0.1, 0.15) is 4.88 Å². The molecule has 0 saturated carbocycles. The zero-order valence-corrected chi connectivity index (χ0v) is 19.2. The molecule has 1 saturated heterocycles. The Bertz CT molecular complexity index is 1360. The van der Waals surface area contributed by atoms with E-state index in [-0.39, 0.29) is 11.8 Å². The van der Waals surface area contributed by atoms with E-state index in [2.05, 4.69) is 38.6 Å². The van der Waals surface area contributed by atoms with E-state index in [0.29, 0.717) is 0 Å². The molecule has 1 aliphatic rings. The summed E-state index contributed by atoms with van der Waals surface area (Å²) in [5, 5.41) is 19.3. The molecule has 2 aromatic carbocycles. The van der Waals surface area contributed by atoms with E-state index in [1.54, 1.807) is 24.6 Å². The summed E-state index contributed by atoms with van der Waals surface area (Å²) < 4.78 is 38.3. The fourth-order valence-electron chi connectivity index (χ4n) is 3.63. The largest absolute Gasteiger partial charge is 0.497 e. The Kier molecular flexibility index (Phi) is 6.94. The predicted molar refractivity (Wildman–Crippen MR) is 126 cm³/mol. The molecule has 0 aliphatic carbocycles. The maximum atomic E-state index is 12.5. The minimum absolute atomic E-state index is 0.0366. The number of fused-ring (bicyclic) bond motifs is 2. The lowest BCUT2D eigenvalue weighted by Crippen LogP contribution is -2.51. The van der Waals surface area contributed by atoms with Crippen molar-refractivity contribution in [3.63, 3.8) is 0 Å². The highest BCUT2D eigenvalue weighted by molar-refractivity contribution is 7.19. The number of alkyl halides is 3. The van der Waals surface area contributed by atoms with Crippen LogP contribution in [0.5, 0.6) is 5.75 Å². The Morgan fingerprint density at radius 2 is 1.94 bits per heavy atom. The van der Waals surface area contributed by atoms with E-state index >= 15 is 0 Å². The van der Waals surface area contributed by atoms with Gasteiger partial charge in [-0.1, -0.05) is 0 Å². The summed E-state index contributed by atoms with van der Waals surface area (Å²) in [6.45, 7) is 2.46. The van der Waals surface area contributed by atoms with E-state index in [1.165, 1.54) is 15.0 Å². The van der Waals surface area contributed by atoms with Gasteiger partial charge in [-0.05, 0) is 47.9 Å². The number of thiophene rings is 1. The van der Waals surface area contributed by atoms with Crippen molar-refractivity contribution in [2.75, 3.05) is 25.5 Å². The molecule has 1 fully saturated rings. The number of halogens is 3. The first-order valence-corrected chi connectivity index (χ1v) is 11.3. The average Bonchev–Trinajstić information content (AvgIpc) is 3.40. The topological polar surface area (TPSA) is 108 Å². The van der Waals surface area contributed by atoms with Gasteiger partial charge in [-0.3, -0.25) is 14.8 Å². The second-order valence-electron chi connectivity index (χ2n) is 7.97. The number of carbonyl (C=O) groups excluding carboxylic acids is 1. The lowest BCUT2D eigenvalue weighted by Gasteiger charge is -2.37. The minimum Gasteiger partial charge on any atom is -0.497 e. The fourth-order valence-corrected chi connectivity index (χ4v) is 4.72. The summed E-state index contributed by atoms with van der Waals surface area (Å²) in [5.74, 6) is -1.76. The van der Waals surface area contributed by atoms with Crippen molar-refractivity contribution < 1.29 is 32.6 Å². The van der Waals surface area contributed by atoms with Gasteiger partial charge in [0.25, 0.3) is 0 Å². The normalized spacial score (nSPS) is 14.3. The maximum Gasteiger partial charge on any atom is 0.490 e. The maximum absolute atomic E-state index is 12.5. The van der Waals surface area contributed by atoms with Gasteiger partial charge in [-0.2, -0.15) is 18.3 Å². The van der Waals surface area contributed by atoms with Crippen LogP contribution in [0.4, 0.5) is 18.9 Å². The Morgan fingerprint density at radius 3 is 2.63 bits per heavy atom. The number of anilines is 1. The Hall–Kier alpha value is -3.64. The minimum atomic E-state index is -5.08. The van der Waals surface area contributed by atoms with Crippen LogP contribution >= 0.6 is 11.3 Å². The van der Waals surface area contributed by atoms with Gasteiger partial charge < -0.3 is 15.2 Å². The number of H-pyrrole nitrogens is 1. The number of benzene rings is 2. The van der Waals surface area contributed by atoms with Crippen molar-refractivity contribution in [2.45, 2.75) is 12.7 Å². The molecule has 5 rings (SSSR count). The van der Waals surface area contributed by atoms with E-state index in [0.717, 1.165) is 42.0 Å². The molecule has 0 unspecified atom stereocenters. The van der Waals surface area contributed by atoms with Crippen LogP contribution < -0.4 is 10.1 Å². The van der Waals surface area contributed by atoms with Gasteiger partial charge in [0.15, 0.2) is 0 Å². The highest BCUT2D eigenvalue weighted by Gasteiger charge is 2.38. The first-order valence-electron chi connectivity index (χ1n) is 10.5. The van der Waals surface area contributed by atoms with Crippen molar-refractivity contribution in [1.82, 2.24) is 15.1 Å². The molecule has 35 heavy (non-hydrogen) atoms. The summed E-state index contributed by atoms with van der Waals surface area (Å²) in [7, 11) is 1.69. The monoisotopic (exact) mass is 506 g/mol. The van der Waals surface area contributed by atoms with Crippen molar-refractivity contribution in [3.8, 4) is 5.75 Å². The number of aliphatic carboxylic acids is 1. The zero-order chi connectivity index (χ0) is 25.2. The number of likely N-dealkylation sites (tertiary alicyclic amines) is 1. The molecule has 2 aromatic heterocycles. The number of carboxylic acid groups (broad SMARTS) is 1. The average molecular weight is 507 g/mol. The van der Waals surface area contributed by atoms with Crippen LogP contribution in [0.25, 0.3) is 21.0 Å². The number of nitrogens with zero attached hydrogens (tertiary/aromatic N) is 2. The summed E-state index contributed by atoms with van der Waals surface area (Å²) in [6, 6.07) is 14.2. The molecule has 8 nitrogen and oxygen atoms in total. The van der Waals surface area contributed by atoms with E-state index < -0.39 is 12.1 Å². The number of methoxy groups -OCH3 is 1. The summed E-state index contributed by atoms with van der Waals surface area (Å²) >= 11 is 1.80. The third kappa shape index (κ3) is 5.89. The number of hydrogen-bond acceptors (Lipinski definition) is 6. The first kappa shape index (κ1) is 24.5. The van der Waals surface area contributed by atoms with Crippen molar-refractivity contribution in [3.05, 3.63) is 53.5 Å². The molecule has 4 aromatic rings. The zero-order valence-electron chi connectivity index (χ0n) is 18.4. The number of carboxylic acids is 1. The van der Waals surface area contributed by atoms with Gasteiger partial charge in [0.2, 0.25) is 5.91 Å². The number of ether oxygens (including phenoxy) is 1. The van der Waals surface area contributed by atoms with Gasteiger partial charge in [0.05, 0.1) is 24.7 Å². The molecule has 0 radical (unpaired) electrons. The van der Waals surface area contributed by atoms with Gasteiger partial charge >= 0.3 is 12.1 Å². The highest BCUT2D eigenvalue weighted by atomic mass is 32.1. The van der Waals surface area contributed by atoms with Gasteiger partial charge in [-0.25, -0.2) is 4.79 Å². The number of aromatic nitrogens is 2. The van der Waals surface area contributed by atoms with E-state index in [9.17, 15) is 18.0 Å². The van der Waals surface area contributed by atoms with Crippen LogP contribution in [-0.4, -0.2) is 58.5 Å². The number of nitrogens with one attached hydrogen (secondary N) is 2. The number of hydrogen-bond donors (Lipinski definition) is 3. The third-order valence-corrected chi connectivity index (χ3v) is 6.53. The lowest BCUT2D eigenvalue weighted by atomic mass is 9.99. The molecular formula is C23H21F3N4O4S. The smallest absolute Gasteiger partial charge is 0.490 e. The predicted octanol–water partition coefficient (Wildman–Crippen LogP) is 4.49. The number of rotatable bonds is 5. The highest BCUT2D eigenvalue weighted by Crippen LogP contribution is 2.31. The molecule has 0 spiro atoms. The standard InChI is InChI=1S/C21H20N4O2S.C2HF3O2/c1-27-17-3-5-20-13(7-17)8-18(28-20)12-25-10-15(11-25)21(26)23-16-2-4-19-14(6-16)9-22-24-19;3-2(4,5)1(6)7/h2-9,15H,10-12H2,1H3,(H,22,24)(H,23,26);(H,6,7). The van der Waals surface area contributed by atoms with Crippen LogP contribution in [0, 0.1) is 5.92 Å². The van der Waals surface area contributed by atoms with Crippen molar-refractivity contribution >= 4 is 49.9 Å². The quantitative estimate of drug-likeness (QED) is 0.368. The lowest BCUT2D eigenvalue weighted by molar-refractivity contribution is -0.192. The molecule has 184 valence electrons. The molecule has 0 bridgehead atoms. The summed E-state index contributed by atoms with van der Waals surface area (Å²) in [6.07, 6.45) is -3.32. The number of aromatic amines is 1. The van der Waals surface area contributed by atoms with E-state index in [1.807, 2.05) is 24.3 Å². The van der Waals surface area contributed by atoms with Gasteiger partial charge in [0.1, 0.15) is 5.75 Å². The Balaban J connectivity index is 0.000000364. The molecule has 3 heterocycles. The molecule has 0 atom stereocenters. The number of carbonyl (C=O) groups is 2. The van der Waals surface area contributed by atoms with Crippen molar-refractivity contribution in [2.24, 2.45) is 5.92 Å². The fraction of sp³-hybridized carbons (Fsp3) is 0.261. The van der Waals surface area contributed by atoms with Crippen LogP contribution in [0.2, 0.25) is 0 Å². The first-order chi connectivity index (χ1) is 16.6. The Labute approximate surface area is 201 Å². The summed E-state index contributed by atoms with van der Waals surface area (Å²) in [4.78, 5) is 25.0.